The number of halogens is 2. The van der Waals surface area contributed by atoms with Gasteiger partial charge in [-0.2, -0.15) is 0 Å². The van der Waals surface area contributed by atoms with Crippen LogP contribution in [-0.2, 0) is 4.75 Å². The van der Waals surface area contributed by atoms with Crippen molar-refractivity contribution in [2.75, 3.05) is 30.3 Å². The van der Waals surface area contributed by atoms with Gasteiger partial charge in [0, 0.05) is 42.4 Å². The quantitative estimate of drug-likeness (QED) is 0.576. The van der Waals surface area contributed by atoms with Crippen molar-refractivity contribution < 1.29 is 13.6 Å². The zero-order valence-electron chi connectivity index (χ0n) is 17.4. The second kappa shape index (κ2) is 8.43. The Morgan fingerprint density at radius 3 is 2.67 bits per heavy atom. The summed E-state index contributed by atoms with van der Waals surface area (Å²) in [5.74, 6) is -0.968. The van der Waals surface area contributed by atoms with Gasteiger partial charge in [-0.3, -0.25) is 9.79 Å². The van der Waals surface area contributed by atoms with Crippen molar-refractivity contribution >= 4 is 34.5 Å². The number of thioether (sulfide) groups is 1. The Labute approximate surface area is 193 Å². The number of rotatable bonds is 3. The highest BCUT2D eigenvalue weighted by Crippen LogP contribution is 2.52. The summed E-state index contributed by atoms with van der Waals surface area (Å²) >= 11 is 1.30. The largest absolute Gasteiger partial charge is 0.399 e. The molecule has 1 aromatic heterocycles. The van der Waals surface area contributed by atoms with Crippen LogP contribution in [0, 0.1) is 17.6 Å². The summed E-state index contributed by atoms with van der Waals surface area (Å²) in [6, 6.07) is 13.3. The highest BCUT2D eigenvalue weighted by molar-refractivity contribution is 8.14. The molecule has 3 aromatic rings. The number of carbonyl (C=O) groups excluding carboxylic acids is 1. The first kappa shape index (κ1) is 21.3. The average Bonchev–Trinajstić information content (AvgIpc) is 3.21. The van der Waals surface area contributed by atoms with Crippen LogP contribution in [0.2, 0.25) is 0 Å². The van der Waals surface area contributed by atoms with Gasteiger partial charge in [0.05, 0.1) is 17.1 Å². The Kier molecular flexibility index (Phi) is 5.45. The fourth-order valence-corrected chi connectivity index (χ4v) is 5.71. The monoisotopic (exact) mass is 466 g/mol. The number of amides is 1. The van der Waals surface area contributed by atoms with Crippen LogP contribution >= 0.6 is 11.8 Å². The molecule has 2 aliphatic heterocycles. The van der Waals surface area contributed by atoms with E-state index in [1.165, 1.54) is 23.9 Å². The maximum atomic E-state index is 15.1. The van der Waals surface area contributed by atoms with Crippen LogP contribution in [0.25, 0.3) is 0 Å². The molecule has 1 amide bonds. The predicted octanol–water partition coefficient (Wildman–Crippen LogP) is 3.20. The lowest BCUT2D eigenvalue weighted by Gasteiger charge is -2.37. The van der Waals surface area contributed by atoms with E-state index in [1.807, 2.05) is 11.0 Å². The molecule has 2 unspecified atom stereocenters. The molecule has 3 N–H and O–H groups in total. The Balaban J connectivity index is 1.49. The molecule has 2 aromatic carbocycles. The lowest BCUT2D eigenvalue weighted by atomic mass is 9.87. The van der Waals surface area contributed by atoms with Crippen molar-refractivity contribution in [3.05, 3.63) is 83.7 Å². The van der Waals surface area contributed by atoms with Crippen LogP contribution in [0.15, 0.2) is 65.9 Å². The van der Waals surface area contributed by atoms with Crippen LogP contribution in [0.1, 0.15) is 15.9 Å². The molecule has 2 atom stereocenters. The second-order valence-corrected chi connectivity index (χ2v) is 9.29. The minimum absolute atomic E-state index is 0.107. The van der Waals surface area contributed by atoms with Crippen molar-refractivity contribution in [2.45, 2.75) is 4.75 Å². The van der Waals surface area contributed by atoms with Crippen LogP contribution in [0.4, 0.5) is 20.4 Å². The fourth-order valence-electron chi connectivity index (χ4n) is 4.28. The number of hydrogen-bond acceptors (Lipinski definition) is 7. The molecule has 3 heterocycles. The normalized spacial score (nSPS) is 21.9. The topological polar surface area (TPSA) is 96.5 Å². The van der Waals surface area contributed by atoms with Crippen molar-refractivity contribution in [1.29, 1.82) is 0 Å². The number of amidine groups is 1. The summed E-state index contributed by atoms with van der Waals surface area (Å²) in [5, 5.41) is 3.27. The van der Waals surface area contributed by atoms with E-state index in [-0.39, 0.29) is 17.6 Å². The summed E-state index contributed by atoms with van der Waals surface area (Å²) in [6.07, 6.45) is 2.21. The van der Waals surface area contributed by atoms with E-state index >= 15 is 4.39 Å². The minimum Gasteiger partial charge on any atom is -0.399 e. The summed E-state index contributed by atoms with van der Waals surface area (Å²) in [6.45, 7) is 1.20. The van der Waals surface area contributed by atoms with Gasteiger partial charge in [0.15, 0.2) is 11.0 Å². The molecule has 0 saturated carbocycles. The third-order valence-corrected chi connectivity index (χ3v) is 7.32. The number of carbonyl (C=O) groups is 1. The van der Waals surface area contributed by atoms with E-state index in [1.54, 1.807) is 30.3 Å². The summed E-state index contributed by atoms with van der Waals surface area (Å²) in [5.41, 5.74) is 7.38. The molecule has 33 heavy (non-hydrogen) atoms. The SMILES string of the molecule is Nc1ccc(F)c(C23CN(c4ncc(F)cn4)CC2CN=C(NC(=O)c2ccccc2)S3)c1. The zero-order chi connectivity index (χ0) is 23.0. The third kappa shape index (κ3) is 4.02. The first-order chi connectivity index (χ1) is 15.9. The predicted molar refractivity (Wildman–Crippen MR) is 124 cm³/mol. The molecule has 0 radical (unpaired) electrons. The van der Waals surface area contributed by atoms with Gasteiger partial charge in [-0.15, -0.1) is 0 Å². The lowest BCUT2D eigenvalue weighted by Crippen LogP contribution is -2.43. The van der Waals surface area contributed by atoms with Gasteiger partial charge in [-0.1, -0.05) is 30.0 Å². The van der Waals surface area contributed by atoms with Gasteiger partial charge in [-0.25, -0.2) is 18.7 Å². The van der Waals surface area contributed by atoms with Crippen molar-refractivity contribution in [2.24, 2.45) is 10.9 Å². The molecule has 0 bridgehead atoms. The molecule has 7 nitrogen and oxygen atoms in total. The first-order valence-corrected chi connectivity index (χ1v) is 11.1. The summed E-state index contributed by atoms with van der Waals surface area (Å²) in [4.78, 5) is 27.4. The molecule has 0 spiro atoms. The Hall–Kier alpha value is -3.53. The molecule has 1 fully saturated rings. The van der Waals surface area contributed by atoms with Crippen molar-refractivity contribution in [3.63, 3.8) is 0 Å². The number of fused-ring (bicyclic) bond motifs is 1. The molecule has 2 aliphatic rings. The van der Waals surface area contributed by atoms with E-state index in [4.69, 9.17) is 5.73 Å². The van der Waals surface area contributed by atoms with Crippen LogP contribution < -0.4 is 16.0 Å². The van der Waals surface area contributed by atoms with E-state index in [0.29, 0.717) is 47.6 Å². The van der Waals surface area contributed by atoms with Crippen molar-refractivity contribution in [1.82, 2.24) is 15.3 Å². The van der Waals surface area contributed by atoms with Crippen molar-refractivity contribution in [3.8, 4) is 0 Å². The maximum absolute atomic E-state index is 15.1. The van der Waals surface area contributed by atoms with Gasteiger partial charge >= 0.3 is 0 Å². The first-order valence-electron chi connectivity index (χ1n) is 10.3. The Bertz CT molecular complexity index is 1220. The van der Waals surface area contributed by atoms with Gasteiger partial charge in [0.25, 0.3) is 5.91 Å². The van der Waals surface area contributed by atoms with E-state index < -0.39 is 10.6 Å². The number of aliphatic imine (C=N–C) groups is 1. The highest BCUT2D eigenvalue weighted by Gasteiger charge is 2.53. The number of nitrogens with one attached hydrogen (secondary N) is 1. The Morgan fingerprint density at radius 1 is 1.15 bits per heavy atom. The summed E-state index contributed by atoms with van der Waals surface area (Å²) < 4.78 is 27.7. The minimum atomic E-state index is -0.793. The number of hydrogen-bond donors (Lipinski definition) is 2. The molecule has 168 valence electrons. The van der Waals surface area contributed by atoms with Gasteiger partial charge < -0.3 is 16.0 Å². The number of nitrogen functional groups attached to an aromatic ring is 1. The number of nitrogens with two attached hydrogens (primary N) is 1. The number of aromatic nitrogens is 2. The van der Waals surface area contributed by atoms with E-state index in [2.05, 4.69) is 20.3 Å². The summed E-state index contributed by atoms with van der Waals surface area (Å²) in [7, 11) is 0. The molecule has 1 saturated heterocycles. The number of benzene rings is 2. The third-order valence-electron chi connectivity index (χ3n) is 5.85. The van der Waals surface area contributed by atoms with Gasteiger partial charge in [0.1, 0.15) is 5.82 Å². The molecular weight excluding hydrogens is 446 g/mol. The Morgan fingerprint density at radius 2 is 1.91 bits per heavy atom. The smallest absolute Gasteiger partial charge is 0.257 e. The molecule has 0 aliphatic carbocycles. The second-order valence-electron chi connectivity index (χ2n) is 7.98. The average molecular weight is 467 g/mol. The van der Waals surface area contributed by atoms with Gasteiger partial charge in [-0.05, 0) is 30.3 Å². The van der Waals surface area contributed by atoms with Crippen LogP contribution in [0.3, 0.4) is 0 Å². The number of anilines is 2. The zero-order valence-corrected chi connectivity index (χ0v) is 18.2. The molecule has 5 rings (SSSR count). The van der Waals surface area contributed by atoms with Crippen LogP contribution in [0.5, 0.6) is 0 Å². The molecular formula is C23H20F2N6OS. The standard InChI is InChI=1S/C23H20F2N6OS/c24-16-10-27-21(28-11-16)31-12-15-9-29-22(30-20(32)14-4-2-1-3-5-14)33-23(15,13-31)18-8-17(26)6-7-19(18)25/h1-8,10-11,15H,9,12-13,26H2,(H,29,30,32). The van der Waals surface area contributed by atoms with Crippen LogP contribution in [-0.4, -0.2) is 40.7 Å². The van der Waals surface area contributed by atoms with Gasteiger partial charge in [0.2, 0.25) is 5.95 Å². The highest BCUT2D eigenvalue weighted by atomic mass is 32.2. The maximum Gasteiger partial charge on any atom is 0.257 e. The fraction of sp³-hybridized carbons (Fsp3) is 0.217. The lowest BCUT2D eigenvalue weighted by molar-refractivity contribution is 0.0977. The van der Waals surface area contributed by atoms with E-state index in [9.17, 15) is 9.18 Å². The van der Waals surface area contributed by atoms with E-state index in [0.717, 1.165) is 12.4 Å². The number of nitrogens with zero attached hydrogens (tertiary/aromatic N) is 4. The molecule has 10 heteroatoms.